The molecule has 0 aliphatic rings. The Morgan fingerprint density at radius 3 is 1.44 bits per heavy atom. The van der Waals surface area contributed by atoms with E-state index in [0.29, 0.717) is 13.0 Å². The molecule has 0 spiro atoms. The summed E-state index contributed by atoms with van der Waals surface area (Å²) in [6.07, 6.45) is 30.4. The fraction of sp³-hybridized carbons (Fsp3) is 0.458. The zero-order valence-electron chi connectivity index (χ0n) is 16.9. The van der Waals surface area contributed by atoms with Crippen molar-refractivity contribution in [2.24, 2.45) is 0 Å². The van der Waals surface area contributed by atoms with E-state index in [1.807, 2.05) is 6.08 Å². The fourth-order valence-electron chi connectivity index (χ4n) is 2.08. The summed E-state index contributed by atoms with van der Waals surface area (Å²) < 4.78 is 4.74. The van der Waals surface area contributed by atoms with E-state index in [-0.39, 0.29) is 0 Å². The monoisotopic (exact) mass is 372 g/mol. The molecule has 0 saturated heterocycles. The van der Waals surface area contributed by atoms with Gasteiger partial charge in [-0.25, -0.2) is 4.79 Å². The number of hydrogen-bond donors (Lipinski definition) is 1. The van der Waals surface area contributed by atoms with Gasteiger partial charge in [-0.15, -0.1) is 0 Å². The van der Waals surface area contributed by atoms with Crippen LogP contribution >= 0.6 is 0 Å². The number of carbonyl (C=O) groups excluding carboxylic acids is 1. The minimum Gasteiger partial charge on any atom is -0.464 e. The molecule has 0 aliphatic heterocycles. The molecule has 1 atom stereocenters. The Kier molecular flexibility index (Phi) is 18.6. The lowest BCUT2D eigenvalue weighted by molar-refractivity contribution is -0.152. The first-order chi connectivity index (χ1) is 13.2. The van der Waals surface area contributed by atoms with Crippen molar-refractivity contribution in [1.82, 2.24) is 0 Å². The zero-order valence-corrected chi connectivity index (χ0v) is 16.9. The van der Waals surface area contributed by atoms with Gasteiger partial charge in [0.25, 0.3) is 0 Å². The van der Waals surface area contributed by atoms with Crippen molar-refractivity contribution in [3.05, 3.63) is 72.9 Å². The van der Waals surface area contributed by atoms with E-state index < -0.39 is 12.1 Å². The maximum Gasteiger partial charge on any atom is 0.335 e. The third-order valence-corrected chi connectivity index (χ3v) is 3.51. The van der Waals surface area contributed by atoms with Crippen LogP contribution in [-0.4, -0.2) is 23.8 Å². The Balaban J connectivity index is 3.65. The van der Waals surface area contributed by atoms with Crippen LogP contribution in [0.25, 0.3) is 0 Å². The van der Waals surface area contributed by atoms with Gasteiger partial charge in [0.2, 0.25) is 0 Å². The lowest BCUT2D eigenvalue weighted by Crippen LogP contribution is -2.22. The number of rotatable bonds is 15. The van der Waals surface area contributed by atoms with Crippen LogP contribution in [0, 0.1) is 0 Å². The van der Waals surface area contributed by atoms with Crippen LogP contribution in [0.2, 0.25) is 0 Å². The van der Waals surface area contributed by atoms with Crippen LogP contribution in [0.4, 0.5) is 0 Å². The second kappa shape index (κ2) is 20.2. The summed E-state index contributed by atoms with van der Waals surface area (Å²) in [4.78, 5) is 11.2. The predicted octanol–water partition coefficient (Wildman–Crippen LogP) is 6.00. The summed E-state index contributed by atoms with van der Waals surface area (Å²) in [5.41, 5.74) is 0. The number of allylic oxidation sites excluding steroid dienone is 11. The molecule has 3 nitrogen and oxygen atoms in total. The first-order valence-electron chi connectivity index (χ1n) is 9.97. The molecule has 0 radical (unpaired) electrons. The van der Waals surface area contributed by atoms with Gasteiger partial charge >= 0.3 is 5.97 Å². The van der Waals surface area contributed by atoms with Gasteiger partial charge in [0.15, 0.2) is 6.10 Å². The standard InChI is InChI=1S/C24H36O3/c1-3-5-6-7-8-9-10-11-12-13-14-15-16-17-18-19-20-21-22-23(25)24(26)27-4-2/h5-6,8-9,11-12,14-15,17-18,20-21,23,25H,3-4,7,10,13,16,19,22H2,1-2H3/b6-5-,9-8-,12-11-,15-14-,18-17-,21-20-. The van der Waals surface area contributed by atoms with E-state index in [2.05, 4.69) is 67.7 Å². The first-order valence-corrected chi connectivity index (χ1v) is 9.97. The number of esters is 1. The summed E-state index contributed by atoms with van der Waals surface area (Å²) >= 11 is 0. The van der Waals surface area contributed by atoms with Crippen molar-refractivity contribution in [1.29, 1.82) is 0 Å². The fourth-order valence-corrected chi connectivity index (χ4v) is 2.08. The molecular weight excluding hydrogens is 336 g/mol. The van der Waals surface area contributed by atoms with Gasteiger partial charge in [-0.3, -0.25) is 0 Å². The molecule has 0 aliphatic carbocycles. The van der Waals surface area contributed by atoms with Gasteiger partial charge in [0.05, 0.1) is 6.61 Å². The summed E-state index contributed by atoms with van der Waals surface area (Å²) in [5, 5.41) is 9.52. The van der Waals surface area contributed by atoms with E-state index in [1.165, 1.54) is 0 Å². The number of aliphatic hydroxyl groups is 1. The van der Waals surface area contributed by atoms with Crippen LogP contribution < -0.4 is 0 Å². The number of carbonyl (C=O) groups is 1. The van der Waals surface area contributed by atoms with Gasteiger partial charge in [-0.2, -0.15) is 0 Å². The van der Waals surface area contributed by atoms with Crippen LogP contribution in [0.1, 0.15) is 58.8 Å². The minimum atomic E-state index is -1.06. The maximum atomic E-state index is 11.2. The molecule has 3 heteroatoms. The van der Waals surface area contributed by atoms with Gasteiger partial charge in [0, 0.05) is 6.42 Å². The molecule has 0 rings (SSSR count). The van der Waals surface area contributed by atoms with Gasteiger partial charge < -0.3 is 9.84 Å². The topological polar surface area (TPSA) is 46.5 Å². The van der Waals surface area contributed by atoms with Crippen molar-refractivity contribution in [2.75, 3.05) is 6.61 Å². The maximum absolute atomic E-state index is 11.2. The molecule has 0 bridgehead atoms. The highest BCUT2D eigenvalue weighted by atomic mass is 16.5. The van der Waals surface area contributed by atoms with E-state index in [4.69, 9.17) is 4.74 Å². The molecule has 1 unspecified atom stereocenters. The highest BCUT2D eigenvalue weighted by Crippen LogP contribution is 1.99. The smallest absolute Gasteiger partial charge is 0.335 e. The van der Waals surface area contributed by atoms with E-state index >= 15 is 0 Å². The molecule has 0 saturated carbocycles. The van der Waals surface area contributed by atoms with E-state index in [1.54, 1.807) is 13.0 Å². The second-order valence-corrected chi connectivity index (χ2v) is 5.92. The summed E-state index contributed by atoms with van der Waals surface area (Å²) in [7, 11) is 0. The Labute approximate surface area is 165 Å². The third-order valence-electron chi connectivity index (χ3n) is 3.51. The van der Waals surface area contributed by atoms with Crippen LogP contribution in [-0.2, 0) is 9.53 Å². The second-order valence-electron chi connectivity index (χ2n) is 5.92. The third kappa shape index (κ3) is 18.5. The largest absolute Gasteiger partial charge is 0.464 e. The van der Waals surface area contributed by atoms with Crippen molar-refractivity contribution in [2.45, 2.75) is 64.9 Å². The Morgan fingerprint density at radius 2 is 1.07 bits per heavy atom. The van der Waals surface area contributed by atoms with E-state index in [0.717, 1.165) is 38.5 Å². The molecule has 0 aromatic carbocycles. The van der Waals surface area contributed by atoms with Gasteiger partial charge in [0.1, 0.15) is 0 Å². The normalized spacial score (nSPS) is 14.0. The van der Waals surface area contributed by atoms with Crippen molar-refractivity contribution >= 4 is 5.97 Å². The zero-order chi connectivity index (χ0) is 20.0. The molecule has 1 N–H and O–H groups in total. The molecule has 0 fully saturated rings. The van der Waals surface area contributed by atoms with E-state index in [9.17, 15) is 9.90 Å². The highest BCUT2D eigenvalue weighted by Gasteiger charge is 2.13. The van der Waals surface area contributed by atoms with Gasteiger partial charge in [-0.05, 0) is 45.4 Å². The quantitative estimate of drug-likeness (QED) is 0.283. The summed E-state index contributed by atoms with van der Waals surface area (Å²) in [5.74, 6) is -0.558. The Hall–Kier alpha value is -2.13. The molecule has 0 aromatic rings. The average molecular weight is 373 g/mol. The lowest BCUT2D eigenvalue weighted by atomic mass is 10.2. The number of ether oxygens (including phenoxy) is 1. The Bertz CT molecular complexity index is 522. The van der Waals surface area contributed by atoms with Gasteiger partial charge in [-0.1, -0.05) is 79.8 Å². The van der Waals surface area contributed by atoms with Crippen LogP contribution in [0.15, 0.2) is 72.9 Å². The van der Waals surface area contributed by atoms with Crippen molar-refractivity contribution in [3.8, 4) is 0 Å². The molecular formula is C24H36O3. The minimum absolute atomic E-state index is 0.291. The molecule has 0 aromatic heterocycles. The number of hydrogen-bond acceptors (Lipinski definition) is 3. The molecule has 0 amide bonds. The average Bonchev–Trinajstić information content (AvgIpc) is 2.67. The summed E-state index contributed by atoms with van der Waals surface area (Å²) in [6.45, 7) is 4.16. The molecule has 27 heavy (non-hydrogen) atoms. The first kappa shape index (κ1) is 24.9. The summed E-state index contributed by atoms with van der Waals surface area (Å²) in [6, 6.07) is 0. The van der Waals surface area contributed by atoms with Crippen molar-refractivity contribution in [3.63, 3.8) is 0 Å². The molecule has 150 valence electrons. The SMILES string of the molecule is CC/C=C\C/C=C\C/C=C\C/C=C\C/C=C\C/C=C\CC(O)C(=O)OCC. The Morgan fingerprint density at radius 1 is 0.704 bits per heavy atom. The highest BCUT2D eigenvalue weighted by molar-refractivity contribution is 5.74. The predicted molar refractivity (Wildman–Crippen MR) is 115 cm³/mol. The van der Waals surface area contributed by atoms with Crippen LogP contribution in [0.5, 0.6) is 0 Å². The number of aliphatic hydroxyl groups excluding tert-OH is 1. The molecule has 0 heterocycles. The van der Waals surface area contributed by atoms with Crippen molar-refractivity contribution < 1.29 is 14.6 Å². The lowest BCUT2D eigenvalue weighted by Gasteiger charge is -2.05. The van der Waals surface area contributed by atoms with Crippen LogP contribution in [0.3, 0.4) is 0 Å².